The molecule has 142 valence electrons. The summed E-state index contributed by atoms with van der Waals surface area (Å²) in [5.74, 6) is 0.910. The van der Waals surface area contributed by atoms with E-state index in [2.05, 4.69) is 12.2 Å². The number of carbonyl (C=O) groups is 2. The van der Waals surface area contributed by atoms with E-state index in [4.69, 9.17) is 4.74 Å². The molecule has 1 aliphatic rings. The van der Waals surface area contributed by atoms with E-state index in [-0.39, 0.29) is 24.2 Å². The van der Waals surface area contributed by atoms with Crippen LogP contribution in [-0.2, 0) is 9.59 Å². The molecule has 0 aliphatic carbocycles. The molecule has 1 unspecified atom stereocenters. The van der Waals surface area contributed by atoms with Crippen molar-refractivity contribution in [2.75, 3.05) is 18.4 Å². The van der Waals surface area contributed by atoms with Crippen molar-refractivity contribution < 1.29 is 14.3 Å². The van der Waals surface area contributed by atoms with Crippen LogP contribution in [0.15, 0.2) is 54.6 Å². The zero-order valence-electron chi connectivity index (χ0n) is 15.7. The molecule has 0 spiro atoms. The van der Waals surface area contributed by atoms with Gasteiger partial charge in [-0.25, -0.2) is 0 Å². The predicted molar refractivity (Wildman–Crippen MR) is 106 cm³/mol. The Morgan fingerprint density at radius 2 is 1.85 bits per heavy atom. The number of benzene rings is 2. The van der Waals surface area contributed by atoms with Gasteiger partial charge in [-0.3, -0.25) is 9.59 Å². The summed E-state index contributed by atoms with van der Waals surface area (Å²) in [6.45, 7) is 3.37. The van der Waals surface area contributed by atoms with Crippen LogP contribution in [0.3, 0.4) is 0 Å². The summed E-state index contributed by atoms with van der Waals surface area (Å²) in [7, 11) is 0. The van der Waals surface area contributed by atoms with E-state index in [1.165, 1.54) is 0 Å². The predicted octanol–water partition coefficient (Wildman–Crippen LogP) is 4.46. The Kier molecular flexibility index (Phi) is 6.47. The van der Waals surface area contributed by atoms with Gasteiger partial charge in [0.1, 0.15) is 5.75 Å². The van der Waals surface area contributed by atoms with Gasteiger partial charge in [-0.05, 0) is 30.7 Å². The Bertz CT molecular complexity index is 776. The van der Waals surface area contributed by atoms with Crippen molar-refractivity contribution in [3.8, 4) is 11.5 Å². The van der Waals surface area contributed by atoms with Gasteiger partial charge in [-0.2, -0.15) is 0 Å². The molecule has 27 heavy (non-hydrogen) atoms. The molecule has 0 bridgehead atoms. The fraction of sp³-hybridized carbons (Fsp3) is 0.364. The zero-order valence-corrected chi connectivity index (χ0v) is 15.7. The number of hydrogen-bond donors (Lipinski definition) is 1. The van der Waals surface area contributed by atoms with Gasteiger partial charge < -0.3 is 15.0 Å². The summed E-state index contributed by atoms with van der Waals surface area (Å²) >= 11 is 0. The number of anilines is 1. The van der Waals surface area contributed by atoms with Crippen LogP contribution < -0.4 is 10.1 Å². The third-order valence-electron chi connectivity index (χ3n) is 4.73. The van der Waals surface area contributed by atoms with Gasteiger partial charge in [0.25, 0.3) is 0 Å². The largest absolute Gasteiger partial charge is 0.455 e. The molecule has 5 nitrogen and oxygen atoms in total. The highest BCUT2D eigenvalue weighted by Crippen LogP contribution is 2.30. The van der Waals surface area contributed by atoms with Gasteiger partial charge in [0.05, 0.1) is 11.6 Å². The molecule has 1 N–H and O–H groups in total. The number of nitrogens with one attached hydrogen (secondary N) is 1. The maximum Gasteiger partial charge on any atom is 0.229 e. The minimum atomic E-state index is -0.316. The number of ether oxygens (including phenoxy) is 1. The number of likely N-dealkylation sites (tertiary alicyclic amines) is 1. The summed E-state index contributed by atoms with van der Waals surface area (Å²) in [5, 5.41) is 2.94. The molecule has 1 heterocycles. The molecule has 5 heteroatoms. The Labute approximate surface area is 160 Å². The first-order valence-electron chi connectivity index (χ1n) is 9.58. The van der Waals surface area contributed by atoms with E-state index in [9.17, 15) is 9.59 Å². The van der Waals surface area contributed by atoms with E-state index in [0.29, 0.717) is 23.7 Å². The van der Waals surface area contributed by atoms with Crippen LogP contribution >= 0.6 is 0 Å². The summed E-state index contributed by atoms with van der Waals surface area (Å²) in [6.07, 6.45) is 3.49. The molecule has 2 amide bonds. The second-order valence-electron chi connectivity index (χ2n) is 6.85. The van der Waals surface area contributed by atoms with Crippen molar-refractivity contribution in [1.82, 2.24) is 4.90 Å². The highest BCUT2D eigenvalue weighted by molar-refractivity contribution is 5.98. The van der Waals surface area contributed by atoms with Crippen molar-refractivity contribution in [1.29, 1.82) is 0 Å². The minimum Gasteiger partial charge on any atom is -0.455 e. The molecule has 2 aromatic carbocycles. The van der Waals surface area contributed by atoms with Crippen molar-refractivity contribution >= 4 is 17.5 Å². The molecule has 1 aliphatic heterocycles. The van der Waals surface area contributed by atoms with Gasteiger partial charge in [0.2, 0.25) is 11.8 Å². The lowest BCUT2D eigenvalue weighted by Crippen LogP contribution is -2.29. The monoisotopic (exact) mass is 366 g/mol. The lowest BCUT2D eigenvalue weighted by Gasteiger charge is -2.17. The van der Waals surface area contributed by atoms with E-state index < -0.39 is 0 Å². The Hall–Kier alpha value is -2.82. The number of carbonyl (C=O) groups excluding carboxylic acids is 2. The Balaban J connectivity index is 1.62. The van der Waals surface area contributed by atoms with E-state index in [1.807, 2.05) is 59.5 Å². The minimum absolute atomic E-state index is 0.0695. The molecule has 1 fully saturated rings. The van der Waals surface area contributed by atoms with Crippen LogP contribution in [-0.4, -0.2) is 29.8 Å². The number of para-hydroxylation sites is 3. The first-order valence-corrected chi connectivity index (χ1v) is 9.58. The maximum atomic E-state index is 12.7. The Morgan fingerprint density at radius 1 is 1.11 bits per heavy atom. The van der Waals surface area contributed by atoms with Gasteiger partial charge >= 0.3 is 0 Å². The SMILES string of the molecule is CCCCCN1CC(C(=O)Nc2ccccc2Oc2ccccc2)CC1=O. The standard InChI is InChI=1S/C22H26N2O3/c1-2-3-9-14-24-16-17(15-21(24)25)22(26)23-19-12-7-8-13-20(19)27-18-10-5-4-6-11-18/h4-8,10-13,17H,2-3,9,14-16H2,1H3,(H,23,26). The summed E-state index contributed by atoms with van der Waals surface area (Å²) in [5.41, 5.74) is 0.614. The molecular formula is C22H26N2O3. The van der Waals surface area contributed by atoms with Crippen LogP contribution in [0.5, 0.6) is 11.5 Å². The van der Waals surface area contributed by atoms with Crippen LogP contribution in [0.4, 0.5) is 5.69 Å². The normalized spacial score (nSPS) is 16.4. The van der Waals surface area contributed by atoms with Gasteiger partial charge in [0, 0.05) is 19.5 Å². The van der Waals surface area contributed by atoms with Crippen molar-refractivity contribution in [3.63, 3.8) is 0 Å². The molecule has 2 aromatic rings. The smallest absolute Gasteiger partial charge is 0.229 e. The number of nitrogens with zero attached hydrogens (tertiary/aromatic N) is 1. The average molecular weight is 366 g/mol. The third kappa shape index (κ3) is 5.09. The number of unbranched alkanes of at least 4 members (excludes halogenated alkanes) is 2. The van der Waals surface area contributed by atoms with Crippen molar-refractivity contribution in [2.24, 2.45) is 5.92 Å². The van der Waals surface area contributed by atoms with Crippen LogP contribution in [0.2, 0.25) is 0 Å². The van der Waals surface area contributed by atoms with Gasteiger partial charge in [0.15, 0.2) is 5.75 Å². The maximum absolute atomic E-state index is 12.7. The van der Waals surface area contributed by atoms with Crippen molar-refractivity contribution in [2.45, 2.75) is 32.6 Å². The quantitative estimate of drug-likeness (QED) is 0.702. The van der Waals surface area contributed by atoms with E-state index >= 15 is 0 Å². The van der Waals surface area contributed by atoms with Crippen LogP contribution in [0.1, 0.15) is 32.6 Å². The molecule has 1 saturated heterocycles. The van der Waals surface area contributed by atoms with E-state index in [0.717, 1.165) is 25.8 Å². The highest BCUT2D eigenvalue weighted by atomic mass is 16.5. The summed E-state index contributed by atoms with van der Waals surface area (Å²) in [6, 6.07) is 16.8. The fourth-order valence-electron chi connectivity index (χ4n) is 3.23. The molecule has 0 radical (unpaired) electrons. The van der Waals surface area contributed by atoms with Crippen molar-refractivity contribution in [3.05, 3.63) is 54.6 Å². The number of amides is 2. The molecule has 3 rings (SSSR count). The highest BCUT2D eigenvalue weighted by Gasteiger charge is 2.34. The molecule has 0 saturated carbocycles. The van der Waals surface area contributed by atoms with E-state index in [1.54, 1.807) is 0 Å². The zero-order chi connectivity index (χ0) is 19.1. The second-order valence-corrected chi connectivity index (χ2v) is 6.85. The van der Waals surface area contributed by atoms with Gasteiger partial charge in [-0.15, -0.1) is 0 Å². The number of hydrogen-bond acceptors (Lipinski definition) is 3. The lowest BCUT2D eigenvalue weighted by atomic mass is 10.1. The molecular weight excluding hydrogens is 340 g/mol. The topological polar surface area (TPSA) is 58.6 Å². The van der Waals surface area contributed by atoms with Crippen LogP contribution in [0, 0.1) is 5.92 Å². The fourth-order valence-corrected chi connectivity index (χ4v) is 3.23. The van der Waals surface area contributed by atoms with Gasteiger partial charge in [-0.1, -0.05) is 50.1 Å². The van der Waals surface area contributed by atoms with Crippen LogP contribution in [0.25, 0.3) is 0 Å². The molecule has 0 aromatic heterocycles. The molecule has 1 atom stereocenters. The second kappa shape index (κ2) is 9.21. The summed E-state index contributed by atoms with van der Waals surface area (Å²) in [4.78, 5) is 26.7. The lowest BCUT2D eigenvalue weighted by molar-refractivity contribution is -0.128. The third-order valence-corrected chi connectivity index (χ3v) is 4.73. The first-order chi connectivity index (χ1) is 13.2. The number of rotatable bonds is 8. The Morgan fingerprint density at radius 3 is 2.63 bits per heavy atom. The summed E-state index contributed by atoms with van der Waals surface area (Å²) < 4.78 is 5.89. The first kappa shape index (κ1) is 19.0. The average Bonchev–Trinajstić information content (AvgIpc) is 3.05.